The van der Waals surface area contributed by atoms with Gasteiger partial charge in [-0.2, -0.15) is 0 Å². The Morgan fingerprint density at radius 3 is 2.47 bits per heavy atom. The summed E-state index contributed by atoms with van der Waals surface area (Å²) in [6.45, 7) is 1.59. The molecule has 0 saturated heterocycles. The Kier molecular flexibility index (Phi) is 5.94. The fourth-order valence-corrected chi connectivity index (χ4v) is 1.91. The van der Waals surface area contributed by atoms with Crippen LogP contribution < -0.4 is 5.32 Å². The number of sulfonamides is 1. The van der Waals surface area contributed by atoms with E-state index in [1.165, 1.54) is 7.11 Å². The molecule has 0 aliphatic heterocycles. The highest BCUT2D eigenvalue weighted by Gasteiger charge is 2.04. The molecule has 0 radical (unpaired) electrons. The van der Waals surface area contributed by atoms with Crippen LogP contribution in [0.25, 0.3) is 4.72 Å². The molecular weight excluding hydrogens is 268 g/mol. The molecule has 0 fully saturated rings. The third-order valence-corrected chi connectivity index (χ3v) is 3.07. The zero-order valence-electron chi connectivity index (χ0n) is 11.0. The Balaban J connectivity index is 2.32. The number of hydrogen-bond donors (Lipinski definition) is 1. The minimum Gasteiger partial charge on any atom is -0.545 e. The Hall–Kier alpha value is -1.44. The van der Waals surface area contributed by atoms with Crippen molar-refractivity contribution in [1.82, 2.24) is 0 Å². The molecule has 0 aliphatic rings. The molecule has 0 saturated carbocycles. The second-order valence-corrected chi connectivity index (χ2v) is 5.78. The Morgan fingerprint density at radius 1 is 1.32 bits per heavy atom. The molecule has 0 aliphatic carbocycles. The molecule has 19 heavy (non-hydrogen) atoms. The lowest BCUT2D eigenvalue weighted by atomic mass is 10.1. The van der Waals surface area contributed by atoms with Crippen molar-refractivity contribution in [2.24, 2.45) is 0 Å². The van der Waals surface area contributed by atoms with Crippen LogP contribution in [-0.2, 0) is 21.3 Å². The highest BCUT2D eigenvalue weighted by atomic mass is 32.2. The van der Waals surface area contributed by atoms with Gasteiger partial charge in [0, 0.05) is 11.8 Å². The first-order valence-electron chi connectivity index (χ1n) is 5.80. The van der Waals surface area contributed by atoms with Crippen LogP contribution >= 0.6 is 0 Å². The molecule has 1 aromatic carbocycles. The molecule has 0 spiro atoms. The van der Waals surface area contributed by atoms with Crippen molar-refractivity contribution in [2.45, 2.75) is 6.54 Å². The molecule has 2 N–H and O–H groups in total. The quantitative estimate of drug-likeness (QED) is 0.558. The molecular formula is C12H18N2O4S. The van der Waals surface area contributed by atoms with Crippen LogP contribution in [0.3, 0.4) is 0 Å². The molecule has 0 bridgehead atoms. The van der Waals surface area contributed by atoms with Gasteiger partial charge in [0.25, 0.3) is 0 Å². The van der Waals surface area contributed by atoms with Crippen molar-refractivity contribution < 1.29 is 23.3 Å². The lowest BCUT2D eigenvalue weighted by molar-refractivity contribution is -0.667. The third kappa shape index (κ3) is 6.32. The zero-order valence-corrected chi connectivity index (χ0v) is 11.8. The van der Waals surface area contributed by atoms with E-state index in [1.807, 2.05) is 17.4 Å². The van der Waals surface area contributed by atoms with Gasteiger partial charge in [-0.3, -0.25) is 0 Å². The van der Waals surface area contributed by atoms with Crippen LogP contribution in [0.15, 0.2) is 24.3 Å². The summed E-state index contributed by atoms with van der Waals surface area (Å²) in [5, 5.41) is 1.96. The summed E-state index contributed by atoms with van der Waals surface area (Å²) in [5.74, 6) is -0.359. The van der Waals surface area contributed by atoms with E-state index in [1.54, 1.807) is 12.1 Å². The number of quaternary nitrogens is 1. The maximum absolute atomic E-state index is 11.2. The maximum atomic E-state index is 11.2. The van der Waals surface area contributed by atoms with Crippen LogP contribution in [0.1, 0.15) is 15.9 Å². The number of esters is 1. The molecule has 0 heterocycles. The average Bonchev–Trinajstić information content (AvgIpc) is 2.37. The topological polar surface area (TPSA) is 91.2 Å². The molecule has 0 aromatic heterocycles. The van der Waals surface area contributed by atoms with Gasteiger partial charge in [0.1, 0.15) is 6.54 Å². The maximum Gasteiger partial charge on any atom is 0.337 e. The summed E-state index contributed by atoms with van der Waals surface area (Å²) in [4.78, 5) is 11.2. The van der Waals surface area contributed by atoms with Gasteiger partial charge in [-0.1, -0.05) is 18.7 Å². The molecule has 1 rings (SSSR count). The summed E-state index contributed by atoms with van der Waals surface area (Å²) in [5.41, 5.74) is 1.56. The van der Waals surface area contributed by atoms with Gasteiger partial charge >= 0.3 is 5.97 Å². The fraction of sp³-hybridized carbons (Fsp3) is 0.417. The normalized spacial score (nSPS) is 11.3. The molecule has 1 aromatic rings. The van der Waals surface area contributed by atoms with E-state index in [2.05, 4.69) is 9.46 Å². The van der Waals surface area contributed by atoms with Crippen LogP contribution in [0, 0.1) is 0 Å². The molecule has 0 amide bonds. The van der Waals surface area contributed by atoms with E-state index in [4.69, 9.17) is 0 Å². The van der Waals surface area contributed by atoms with Crippen molar-refractivity contribution in [3.05, 3.63) is 40.1 Å². The number of benzene rings is 1. The predicted octanol–water partition coefficient (Wildman–Crippen LogP) is -0.130. The molecule has 0 atom stereocenters. The van der Waals surface area contributed by atoms with E-state index in [0.29, 0.717) is 18.7 Å². The third-order valence-electron chi connectivity index (χ3n) is 2.41. The summed E-state index contributed by atoms with van der Waals surface area (Å²) in [7, 11) is -1.89. The van der Waals surface area contributed by atoms with Gasteiger partial charge in [0.05, 0.1) is 29.2 Å². The van der Waals surface area contributed by atoms with Crippen LogP contribution in [-0.4, -0.2) is 40.8 Å². The van der Waals surface area contributed by atoms with Crippen molar-refractivity contribution in [3.63, 3.8) is 0 Å². The summed E-state index contributed by atoms with van der Waals surface area (Å²) in [6, 6.07) is 7.10. The average molecular weight is 286 g/mol. The van der Waals surface area contributed by atoms with E-state index >= 15 is 0 Å². The van der Waals surface area contributed by atoms with Gasteiger partial charge in [-0.05, 0) is 12.1 Å². The highest BCUT2D eigenvalue weighted by Crippen LogP contribution is 2.04. The van der Waals surface area contributed by atoms with Crippen LogP contribution in [0.5, 0.6) is 0 Å². The fourth-order valence-electron chi connectivity index (χ4n) is 1.47. The number of methoxy groups -OCH3 is 1. The Bertz CT molecular complexity index is 511. The minimum absolute atomic E-state index is 0.277. The number of rotatable bonds is 7. The smallest absolute Gasteiger partial charge is 0.337 e. The van der Waals surface area contributed by atoms with Gasteiger partial charge in [0.15, 0.2) is 0 Å². The van der Waals surface area contributed by atoms with Crippen LogP contribution in [0.4, 0.5) is 0 Å². The van der Waals surface area contributed by atoms with Crippen molar-refractivity contribution >= 4 is 16.0 Å². The standard InChI is InChI=1S/C12H17N2O4S/c1-18-12(15)11-5-3-10(4-6-11)9-13-7-8-14-19(2,16)17/h3-6,13H,7-9H2,1-2H3/q-1/p+1. The number of ether oxygens (including phenoxy) is 1. The summed E-state index contributed by atoms with van der Waals surface area (Å²) in [6.07, 6.45) is 1.08. The number of nitrogens with zero attached hydrogens (tertiary/aromatic N) is 1. The number of carbonyl (C=O) groups is 1. The minimum atomic E-state index is -3.23. The summed E-state index contributed by atoms with van der Waals surface area (Å²) >= 11 is 0. The predicted molar refractivity (Wildman–Crippen MR) is 71.3 cm³/mol. The van der Waals surface area contributed by atoms with Crippen molar-refractivity contribution in [3.8, 4) is 0 Å². The first-order valence-corrected chi connectivity index (χ1v) is 7.65. The van der Waals surface area contributed by atoms with Gasteiger partial charge < -0.3 is 14.8 Å². The van der Waals surface area contributed by atoms with Gasteiger partial charge in [-0.25, -0.2) is 13.2 Å². The molecule has 6 nitrogen and oxygen atoms in total. The largest absolute Gasteiger partial charge is 0.545 e. The van der Waals surface area contributed by atoms with Crippen LogP contribution in [0.2, 0.25) is 0 Å². The van der Waals surface area contributed by atoms with Gasteiger partial charge in [-0.15, -0.1) is 0 Å². The second kappa shape index (κ2) is 7.22. The second-order valence-electron chi connectivity index (χ2n) is 4.06. The van der Waals surface area contributed by atoms with E-state index in [9.17, 15) is 13.2 Å². The number of carbonyl (C=O) groups excluding carboxylic acids is 1. The lowest BCUT2D eigenvalue weighted by Gasteiger charge is -2.14. The van der Waals surface area contributed by atoms with Crippen molar-refractivity contribution in [2.75, 3.05) is 26.5 Å². The van der Waals surface area contributed by atoms with E-state index in [-0.39, 0.29) is 12.5 Å². The summed E-state index contributed by atoms with van der Waals surface area (Å²) < 4.78 is 29.7. The lowest BCUT2D eigenvalue weighted by Crippen LogP contribution is -2.83. The number of hydrogen-bond acceptors (Lipinski definition) is 4. The SMILES string of the molecule is COC(=O)c1ccc(C[NH2+]CC[N-]S(C)(=O)=O)cc1. The first-order chi connectivity index (χ1) is 8.92. The monoisotopic (exact) mass is 286 g/mol. The number of nitrogens with two attached hydrogens (primary N) is 1. The first kappa shape index (κ1) is 15.6. The zero-order chi connectivity index (χ0) is 14.3. The van der Waals surface area contributed by atoms with E-state index < -0.39 is 10.0 Å². The molecule has 7 heteroatoms. The van der Waals surface area contributed by atoms with Gasteiger partial charge in [0.2, 0.25) is 0 Å². The molecule has 106 valence electrons. The molecule has 0 unspecified atom stereocenters. The van der Waals surface area contributed by atoms with Crippen molar-refractivity contribution in [1.29, 1.82) is 0 Å². The Labute approximate surface area is 113 Å². The highest BCUT2D eigenvalue weighted by molar-refractivity contribution is 7.93. The Morgan fingerprint density at radius 2 is 1.95 bits per heavy atom. The van der Waals surface area contributed by atoms with E-state index in [0.717, 1.165) is 11.8 Å².